The van der Waals surface area contributed by atoms with Crippen LogP contribution in [0, 0.1) is 12.8 Å². The molecule has 1 fully saturated rings. The van der Waals surface area contributed by atoms with Crippen LogP contribution in [-0.2, 0) is 16.8 Å². The molecule has 1 aliphatic heterocycles. The third kappa shape index (κ3) is 2.39. The highest BCUT2D eigenvalue weighted by Gasteiger charge is 2.61. The molecular formula is C17H18ClN3O2. The van der Waals surface area contributed by atoms with Crippen LogP contribution in [0.1, 0.15) is 29.7 Å². The number of aryl methyl sites for hydroxylation is 1. The van der Waals surface area contributed by atoms with E-state index < -0.39 is 0 Å². The number of carbonyl (C=O) groups excluding carboxylic acids is 1. The van der Waals surface area contributed by atoms with Crippen molar-refractivity contribution in [2.24, 2.45) is 5.92 Å². The third-order valence-electron chi connectivity index (χ3n) is 5.05. The van der Waals surface area contributed by atoms with E-state index in [2.05, 4.69) is 15.5 Å². The number of nitrogens with one attached hydrogen (secondary N) is 2. The first-order valence-corrected chi connectivity index (χ1v) is 8.17. The molecule has 1 aliphatic carbocycles. The molecule has 1 amide bonds. The van der Waals surface area contributed by atoms with Crippen molar-refractivity contribution in [1.29, 1.82) is 0 Å². The Balaban J connectivity index is 1.50. The van der Waals surface area contributed by atoms with Crippen LogP contribution in [0.2, 0.25) is 5.02 Å². The van der Waals surface area contributed by atoms with Crippen molar-refractivity contribution in [3.05, 3.63) is 46.2 Å². The molecule has 0 unspecified atom stereocenters. The molecule has 0 bridgehead atoms. The highest BCUT2D eigenvalue weighted by molar-refractivity contribution is 6.30. The van der Waals surface area contributed by atoms with Crippen LogP contribution in [0.15, 0.2) is 24.4 Å². The second-order valence-electron chi connectivity index (χ2n) is 6.40. The second kappa shape index (κ2) is 5.27. The summed E-state index contributed by atoms with van der Waals surface area (Å²) in [5, 5.41) is 10.6. The van der Waals surface area contributed by atoms with Gasteiger partial charge in [-0.05, 0) is 43.5 Å². The van der Waals surface area contributed by atoms with Crippen molar-refractivity contribution in [3.63, 3.8) is 0 Å². The zero-order valence-electron chi connectivity index (χ0n) is 12.9. The van der Waals surface area contributed by atoms with Crippen LogP contribution in [0.5, 0.6) is 5.75 Å². The minimum Gasteiger partial charge on any atom is -0.493 e. The SMILES string of the molecule is Cc1cn[nH]c1CNC(=O)[C@@H]1C[C@]12CCOc1ccc(Cl)cc12. The maximum Gasteiger partial charge on any atom is 0.224 e. The molecule has 4 rings (SSSR count). The van der Waals surface area contributed by atoms with Gasteiger partial charge in [0.1, 0.15) is 5.75 Å². The van der Waals surface area contributed by atoms with Crippen molar-refractivity contribution in [2.75, 3.05) is 6.61 Å². The third-order valence-corrected chi connectivity index (χ3v) is 5.28. The van der Waals surface area contributed by atoms with Gasteiger partial charge in [-0.3, -0.25) is 9.89 Å². The van der Waals surface area contributed by atoms with Crippen LogP contribution in [0.3, 0.4) is 0 Å². The summed E-state index contributed by atoms with van der Waals surface area (Å²) in [6.45, 7) is 3.11. The van der Waals surface area contributed by atoms with Gasteiger partial charge in [0.2, 0.25) is 5.91 Å². The number of H-pyrrole nitrogens is 1. The Hall–Kier alpha value is -2.01. The average molecular weight is 332 g/mol. The number of fused-ring (bicyclic) bond motifs is 2. The predicted molar refractivity (Wildman–Crippen MR) is 86.5 cm³/mol. The van der Waals surface area contributed by atoms with Gasteiger partial charge in [0, 0.05) is 21.9 Å². The number of carbonyl (C=O) groups is 1. The lowest BCUT2D eigenvalue weighted by Crippen LogP contribution is -2.31. The lowest BCUT2D eigenvalue weighted by molar-refractivity contribution is -0.123. The van der Waals surface area contributed by atoms with E-state index in [1.54, 1.807) is 6.20 Å². The van der Waals surface area contributed by atoms with Gasteiger partial charge in [-0.1, -0.05) is 11.6 Å². The number of nitrogens with zero attached hydrogens (tertiary/aromatic N) is 1. The van der Waals surface area contributed by atoms with E-state index in [1.807, 2.05) is 25.1 Å². The van der Waals surface area contributed by atoms with Gasteiger partial charge in [-0.25, -0.2) is 0 Å². The van der Waals surface area contributed by atoms with Gasteiger partial charge in [-0.2, -0.15) is 5.10 Å². The molecule has 2 N–H and O–H groups in total. The molecule has 1 spiro atoms. The average Bonchev–Trinajstić information content (AvgIpc) is 3.11. The first-order chi connectivity index (χ1) is 11.1. The number of benzene rings is 1. The molecule has 2 heterocycles. The van der Waals surface area contributed by atoms with E-state index >= 15 is 0 Å². The summed E-state index contributed by atoms with van der Waals surface area (Å²) in [6, 6.07) is 5.68. The molecule has 6 heteroatoms. The summed E-state index contributed by atoms with van der Waals surface area (Å²) < 4.78 is 5.71. The summed E-state index contributed by atoms with van der Waals surface area (Å²) in [6.07, 6.45) is 3.48. The van der Waals surface area contributed by atoms with Crippen molar-refractivity contribution < 1.29 is 9.53 Å². The van der Waals surface area contributed by atoms with E-state index in [4.69, 9.17) is 16.3 Å². The van der Waals surface area contributed by atoms with Gasteiger partial charge >= 0.3 is 0 Å². The van der Waals surface area contributed by atoms with Gasteiger partial charge < -0.3 is 10.1 Å². The Bertz CT molecular complexity index is 773. The van der Waals surface area contributed by atoms with E-state index in [0.717, 1.165) is 35.4 Å². The fourth-order valence-corrected chi connectivity index (χ4v) is 3.74. The lowest BCUT2D eigenvalue weighted by atomic mass is 9.87. The number of halogens is 1. The molecular weight excluding hydrogens is 314 g/mol. The molecule has 0 radical (unpaired) electrons. The van der Waals surface area contributed by atoms with Crippen LogP contribution >= 0.6 is 11.6 Å². The monoisotopic (exact) mass is 331 g/mol. The van der Waals surface area contributed by atoms with Crippen molar-refractivity contribution in [3.8, 4) is 5.75 Å². The number of aromatic amines is 1. The first-order valence-electron chi connectivity index (χ1n) is 7.79. The van der Waals surface area contributed by atoms with Gasteiger partial charge in [0.05, 0.1) is 25.0 Å². The first kappa shape index (κ1) is 14.6. The predicted octanol–water partition coefficient (Wildman–Crippen LogP) is 2.73. The molecule has 2 atom stereocenters. The Morgan fingerprint density at radius 3 is 3.22 bits per heavy atom. The quantitative estimate of drug-likeness (QED) is 0.908. The van der Waals surface area contributed by atoms with Gasteiger partial charge in [0.15, 0.2) is 0 Å². The van der Waals surface area contributed by atoms with E-state index in [0.29, 0.717) is 18.2 Å². The smallest absolute Gasteiger partial charge is 0.224 e. The molecule has 120 valence electrons. The molecule has 23 heavy (non-hydrogen) atoms. The summed E-state index contributed by atoms with van der Waals surface area (Å²) in [4.78, 5) is 12.6. The molecule has 2 aliphatic rings. The Labute approximate surface area is 139 Å². The van der Waals surface area contributed by atoms with Crippen molar-refractivity contribution in [1.82, 2.24) is 15.5 Å². The normalized spacial score (nSPS) is 24.9. The number of hydrogen-bond donors (Lipinski definition) is 2. The fraction of sp³-hybridized carbons (Fsp3) is 0.412. The number of rotatable bonds is 3. The van der Waals surface area contributed by atoms with Crippen LogP contribution in [0.25, 0.3) is 0 Å². The zero-order chi connectivity index (χ0) is 16.0. The number of ether oxygens (including phenoxy) is 1. The zero-order valence-corrected chi connectivity index (χ0v) is 13.6. The van der Waals surface area contributed by atoms with Crippen molar-refractivity contribution in [2.45, 2.75) is 31.7 Å². The Morgan fingerprint density at radius 1 is 1.57 bits per heavy atom. The molecule has 0 saturated heterocycles. The largest absolute Gasteiger partial charge is 0.493 e. The van der Waals surface area contributed by atoms with Gasteiger partial charge in [0.25, 0.3) is 0 Å². The Morgan fingerprint density at radius 2 is 2.43 bits per heavy atom. The maximum atomic E-state index is 12.6. The van der Waals surface area contributed by atoms with Crippen LogP contribution in [-0.4, -0.2) is 22.7 Å². The summed E-state index contributed by atoms with van der Waals surface area (Å²) >= 11 is 6.14. The molecule has 1 saturated carbocycles. The second-order valence-corrected chi connectivity index (χ2v) is 6.84. The number of amides is 1. The summed E-state index contributed by atoms with van der Waals surface area (Å²) in [7, 11) is 0. The number of aromatic nitrogens is 2. The summed E-state index contributed by atoms with van der Waals surface area (Å²) in [5.74, 6) is 0.944. The highest BCUT2D eigenvalue weighted by Crippen LogP contribution is 2.61. The highest BCUT2D eigenvalue weighted by atomic mass is 35.5. The van der Waals surface area contributed by atoms with Crippen LogP contribution in [0.4, 0.5) is 0 Å². The molecule has 2 aromatic rings. The molecule has 1 aromatic heterocycles. The number of hydrogen-bond acceptors (Lipinski definition) is 3. The minimum atomic E-state index is -0.106. The minimum absolute atomic E-state index is 0.00755. The van der Waals surface area contributed by atoms with E-state index in [-0.39, 0.29) is 17.2 Å². The maximum absolute atomic E-state index is 12.6. The van der Waals surface area contributed by atoms with Crippen molar-refractivity contribution >= 4 is 17.5 Å². The van der Waals surface area contributed by atoms with Gasteiger partial charge in [-0.15, -0.1) is 0 Å². The lowest BCUT2D eigenvalue weighted by Gasteiger charge is -2.27. The standard InChI is InChI=1S/C17H18ClN3O2/c1-10-8-20-21-14(10)9-19-16(22)13-7-17(13)4-5-23-15-3-2-11(18)6-12(15)17/h2-3,6,8,13H,4-5,7,9H2,1H3,(H,19,22)(H,20,21)/t13-,17-/m0/s1. The summed E-state index contributed by atoms with van der Waals surface area (Å²) in [5.41, 5.74) is 2.97. The molecule has 1 aromatic carbocycles. The van der Waals surface area contributed by atoms with E-state index in [1.165, 1.54) is 0 Å². The van der Waals surface area contributed by atoms with Crippen LogP contribution < -0.4 is 10.1 Å². The van der Waals surface area contributed by atoms with E-state index in [9.17, 15) is 4.79 Å². The fourth-order valence-electron chi connectivity index (χ4n) is 3.57. The topological polar surface area (TPSA) is 67.0 Å². The molecule has 5 nitrogen and oxygen atoms in total. The Kier molecular flexibility index (Phi) is 3.34.